The molecule has 0 saturated carbocycles. The van der Waals surface area contributed by atoms with E-state index in [1.165, 1.54) is 0 Å². The molecule has 11 heavy (non-hydrogen) atoms. The smallest absolute Gasteiger partial charge is 0.0894 e. The van der Waals surface area contributed by atoms with Gasteiger partial charge in [0.25, 0.3) is 0 Å². The highest BCUT2D eigenvalue weighted by Gasteiger charge is 2.08. The molecule has 3 heteroatoms. The van der Waals surface area contributed by atoms with Crippen LogP contribution in [-0.2, 0) is 4.74 Å². The topological polar surface area (TPSA) is 15.7 Å². The van der Waals surface area contributed by atoms with Gasteiger partial charge in [-0.2, -0.15) is 0 Å². The molecule has 3 nitrogen and oxygen atoms in total. The molecule has 0 radical (unpaired) electrons. The molecule has 0 amide bonds. The fraction of sp³-hybridized carbons (Fsp3) is 0.750. The van der Waals surface area contributed by atoms with Crippen LogP contribution < -0.4 is 0 Å². The van der Waals surface area contributed by atoms with Crippen molar-refractivity contribution in [2.45, 2.75) is 6.92 Å². The first kappa shape index (κ1) is 8.40. The standard InChI is InChI=1S/C8H16N2O/c1-3-9-4-5-10(8-9)6-7-11-2/h4-5H,3,6-8H2,1-2H3. The normalized spacial score (nSPS) is 16.5. The average Bonchev–Trinajstić information content (AvgIpc) is 2.48. The zero-order valence-electron chi connectivity index (χ0n) is 7.29. The van der Waals surface area contributed by atoms with Crippen LogP contribution >= 0.6 is 0 Å². The van der Waals surface area contributed by atoms with Crippen LogP contribution in [0, 0.1) is 0 Å². The summed E-state index contributed by atoms with van der Waals surface area (Å²) in [5.41, 5.74) is 0. The fourth-order valence-electron chi connectivity index (χ4n) is 1.08. The van der Waals surface area contributed by atoms with Gasteiger partial charge in [-0.25, -0.2) is 0 Å². The van der Waals surface area contributed by atoms with Gasteiger partial charge in [0, 0.05) is 32.6 Å². The lowest BCUT2D eigenvalue weighted by molar-refractivity contribution is 0.158. The predicted molar refractivity (Wildman–Crippen MR) is 45.0 cm³/mol. The van der Waals surface area contributed by atoms with E-state index in [4.69, 9.17) is 4.74 Å². The van der Waals surface area contributed by atoms with E-state index in [9.17, 15) is 0 Å². The third-order valence-corrected chi connectivity index (χ3v) is 1.84. The van der Waals surface area contributed by atoms with Gasteiger partial charge in [0.05, 0.1) is 13.3 Å². The van der Waals surface area contributed by atoms with Crippen molar-refractivity contribution in [3.8, 4) is 0 Å². The highest BCUT2D eigenvalue weighted by molar-refractivity contribution is 4.89. The van der Waals surface area contributed by atoms with E-state index in [0.717, 1.165) is 26.4 Å². The third-order valence-electron chi connectivity index (χ3n) is 1.84. The lowest BCUT2D eigenvalue weighted by Crippen LogP contribution is -2.27. The molecule has 0 unspecified atom stereocenters. The van der Waals surface area contributed by atoms with Crippen molar-refractivity contribution in [3.63, 3.8) is 0 Å². The van der Waals surface area contributed by atoms with Crippen molar-refractivity contribution in [3.05, 3.63) is 12.4 Å². The first-order valence-electron chi connectivity index (χ1n) is 4.02. The highest BCUT2D eigenvalue weighted by atomic mass is 16.5. The van der Waals surface area contributed by atoms with Crippen molar-refractivity contribution in [1.82, 2.24) is 9.80 Å². The summed E-state index contributed by atoms with van der Waals surface area (Å²) in [5.74, 6) is 0. The van der Waals surface area contributed by atoms with E-state index in [1.54, 1.807) is 7.11 Å². The average molecular weight is 156 g/mol. The van der Waals surface area contributed by atoms with Crippen molar-refractivity contribution in [2.24, 2.45) is 0 Å². The summed E-state index contributed by atoms with van der Waals surface area (Å²) < 4.78 is 4.98. The van der Waals surface area contributed by atoms with Crippen molar-refractivity contribution in [1.29, 1.82) is 0 Å². The second kappa shape index (κ2) is 4.23. The molecule has 0 aromatic rings. The van der Waals surface area contributed by atoms with E-state index in [0.29, 0.717) is 0 Å². The number of hydrogen-bond donors (Lipinski definition) is 0. The summed E-state index contributed by atoms with van der Waals surface area (Å²) in [5, 5.41) is 0. The summed E-state index contributed by atoms with van der Waals surface area (Å²) in [6.45, 7) is 6.05. The Bertz CT molecular complexity index is 136. The fourth-order valence-corrected chi connectivity index (χ4v) is 1.08. The Morgan fingerprint density at radius 1 is 1.36 bits per heavy atom. The Balaban J connectivity index is 2.15. The van der Waals surface area contributed by atoms with Crippen LogP contribution in [-0.4, -0.2) is 43.3 Å². The van der Waals surface area contributed by atoms with Gasteiger partial charge in [-0.3, -0.25) is 0 Å². The first-order valence-corrected chi connectivity index (χ1v) is 4.02. The summed E-state index contributed by atoms with van der Waals surface area (Å²) >= 11 is 0. The Kier molecular flexibility index (Phi) is 3.23. The molecule has 64 valence electrons. The Labute approximate surface area is 68.2 Å². The lowest BCUT2D eigenvalue weighted by Gasteiger charge is -2.19. The molecule has 0 aromatic carbocycles. The van der Waals surface area contributed by atoms with Crippen LogP contribution in [0.15, 0.2) is 12.4 Å². The maximum absolute atomic E-state index is 4.98. The second-order valence-electron chi connectivity index (χ2n) is 2.65. The Hall–Kier alpha value is -0.700. The summed E-state index contributed by atoms with van der Waals surface area (Å²) in [7, 11) is 1.73. The van der Waals surface area contributed by atoms with E-state index in [1.807, 2.05) is 0 Å². The molecular formula is C8H16N2O. The molecule has 0 aromatic heterocycles. The molecule has 1 rings (SSSR count). The molecule has 1 aliphatic heterocycles. The van der Waals surface area contributed by atoms with E-state index in [2.05, 4.69) is 29.1 Å². The number of methoxy groups -OCH3 is 1. The van der Waals surface area contributed by atoms with Crippen LogP contribution in [0.25, 0.3) is 0 Å². The molecular weight excluding hydrogens is 140 g/mol. The van der Waals surface area contributed by atoms with Gasteiger partial charge in [0.1, 0.15) is 0 Å². The van der Waals surface area contributed by atoms with Crippen LogP contribution in [0.1, 0.15) is 6.92 Å². The lowest BCUT2D eigenvalue weighted by atomic mass is 10.6. The summed E-state index contributed by atoms with van der Waals surface area (Å²) in [6, 6.07) is 0. The molecule has 0 spiro atoms. The molecule has 0 saturated heterocycles. The Morgan fingerprint density at radius 3 is 2.64 bits per heavy atom. The zero-order chi connectivity index (χ0) is 8.10. The van der Waals surface area contributed by atoms with Gasteiger partial charge in [-0.15, -0.1) is 0 Å². The third kappa shape index (κ3) is 2.42. The largest absolute Gasteiger partial charge is 0.383 e. The van der Waals surface area contributed by atoms with E-state index < -0.39 is 0 Å². The van der Waals surface area contributed by atoms with Gasteiger partial charge in [0.15, 0.2) is 0 Å². The molecule has 0 fully saturated rings. The summed E-state index contributed by atoms with van der Waals surface area (Å²) in [6.07, 6.45) is 4.23. The molecule has 0 aliphatic carbocycles. The minimum absolute atomic E-state index is 0.807. The minimum atomic E-state index is 0.807. The van der Waals surface area contributed by atoms with Crippen molar-refractivity contribution < 1.29 is 4.74 Å². The van der Waals surface area contributed by atoms with Crippen LogP contribution in [0.2, 0.25) is 0 Å². The Morgan fingerprint density at radius 2 is 2.09 bits per heavy atom. The highest BCUT2D eigenvalue weighted by Crippen LogP contribution is 2.04. The number of ether oxygens (including phenoxy) is 1. The SMILES string of the molecule is CCN1C=CN(CCOC)C1. The number of rotatable bonds is 4. The minimum Gasteiger partial charge on any atom is -0.383 e. The van der Waals surface area contributed by atoms with Gasteiger partial charge < -0.3 is 14.5 Å². The van der Waals surface area contributed by atoms with Gasteiger partial charge in [0.2, 0.25) is 0 Å². The number of hydrogen-bond acceptors (Lipinski definition) is 3. The van der Waals surface area contributed by atoms with Gasteiger partial charge in [-0.05, 0) is 6.92 Å². The van der Waals surface area contributed by atoms with Gasteiger partial charge >= 0.3 is 0 Å². The van der Waals surface area contributed by atoms with Crippen molar-refractivity contribution in [2.75, 3.05) is 33.5 Å². The molecule has 0 N–H and O–H groups in total. The molecule has 1 heterocycles. The van der Waals surface area contributed by atoms with Crippen LogP contribution in [0.3, 0.4) is 0 Å². The van der Waals surface area contributed by atoms with Crippen molar-refractivity contribution >= 4 is 0 Å². The quantitative estimate of drug-likeness (QED) is 0.596. The predicted octanol–water partition coefficient (Wildman–Crippen LogP) is 0.699. The second-order valence-corrected chi connectivity index (χ2v) is 2.65. The maximum Gasteiger partial charge on any atom is 0.0894 e. The maximum atomic E-state index is 4.98. The van der Waals surface area contributed by atoms with Gasteiger partial charge in [-0.1, -0.05) is 0 Å². The molecule has 1 aliphatic rings. The summed E-state index contributed by atoms with van der Waals surface area (Å²) in [4.78, 5) is 4.50. The first-order chi connectivity index (χ1) is 5.36. The number of nitrogens with zero attached hydrogens (tertiary/aromatic N) is 2. The molecule has 0 atom stereocenters. The molecule has 0 bridgehead atoms. The van der Waals surface area contributed by atoms with E-state index in [-0.39, 0.29) is 0 Å². The van der Waals surface area contributed by atoms with E-state index >= 15 is 0 Å². The van der Waals surface area contributed by atoms with Crippen LogP contribution in [0.5, 0.6) is 0 Å². The zero-order valence-corrected chi connectivity index (χ0v) is 7.29. The monoisotopic (exact) mass is 156 g/mol. The van der Waals surface area contributed by atoms with Crippen LogP contribution in [0.4, 0.5) is 0 Å².